The molecule has 1 aliphatic heterocycles. The Kier molecular flexibility index (Phi) is 10.2. The molecule has 9 nitrogen and oxygen atoms in total. The zero-order chi connectivity index (χ0) is 27.5. The second-order valence-electron chi connectivity index (χ2n) is 9.96. The van der Waals surface area contributed by atoms with E-state index in [0.717, 1.165) is 24.0 Å². The van der Waals surface area contributed by atoms with Crippen LogP contribution in [0.2, 0.25) is 0 Å². The van der Waals surface area contributed by atoms with E-state index in [1.165, 1.54) is 31.7 Å². The molecular formula is C30H37N3O6. The number of anilines is 1. The molecule has 2 aromatic rings. The molecule has 9 heteroatoms. The number of hydrogen-bond acceptors (Lipinski definition) is 6. The predicted molar refractivity (Wildman–Crippen MR) is 147 cm³/mol. The molecule has 0 atom stereocenters. The number of fused-ring (bicyclic) bond motifs is 1. The summed E-state index contributed by atoms with van der Waals surface area (Å²) < 4.78 is 11.1. The molecular weight excluding hydrogens is 498 g/mol. The molecule has 1 saturated carbocycles. The predicted octanol–water partition coefficient (Wildman–Crippen LogP) is 4.55. The molecule has 0 bridgehead atoms. The van der Waals surface area contributed by atoms with Crippen molar-refractivity contribution in [3.63, 3.8) is 0 Å². The second-order valence-corrected chi connectivity index (χ2v) is 9.96. The van der Waals surface area contributed by atoms with Crippen LogP contribution in [0.5, 0.6) is 11.5 Å². The summed E-state index contributed by atoms with van der Waals surface area (Å²) >= 11 is 0. The number of amides is 3. The molecule has 3 amide bonds. The number of ether oxygens (including phenoxy) is 2. The van der Waals surface area contributed by atoms with Gasteiger partial charge in [0.1, 0.15) is 18.0 Å². The largest absolute Gasteiger partial charge is 0.506 e. The van der Waals surface area contributed by atoms with Crippen molar-refractivity contribution in [2.45, 2.75) is 51.6 Å². The molecule has 0 spiro atoms. The first-order valence-corrected chi connectivity index (χ1v) is 13.7. The van der Waals surface area contributed by atoms with Gasteiger partial charge < -0.3 is 30.1 Å². The highest BCUT2D eigenvalue weighted by Crippen LogP contribution is 2.39. The topological polar surface area (TPSA) is 117 Å². The highest BCUT2D eigenvalue weighted by molar-refractivity contribution is 5.97. The Morgan fingerprint density at radius 1 is 1.08 bits per heavy atom. The highest BCUT2D eigenvalue weighted by atomic mass is 16.6. The van der Waals surface area contributed by atoms with E-state index < -0.39 is 6.09 Å². The van der Waals surface area contributed by atoms with E-state index in [1.54, 1.807) is 17.0 Å². The summed E-state index contributed by atoms with van der Waals surface area (Å²) in [7, 11) is 0. The van der Waals surface area contributed by atoms with Crippen LogP contribution in [0.1, 0.15) is 49.7 Å². The monoisotopic (exact) mass is 535 g/mol. The number of nitrogens with zero attached hydrogens (tertiary/aromatic N) is 1. The summed E-state index contributed by atoms with van der Waals surface area (Å²) in [6, 6.07) is 12.6. The minimum absolute atomic E-state index is 0.0828. The standard InChI is InChI=1S/C30H37N3O6/c34-25-14-13-24(29-28(25)32-27(36)21-38-29)16-18-33(30(37)39-20-23-10-6-3-7-11-23)19-17-31-26(35)15-12-22-8-4-1-2-5-9-22/h3,6-7,10-15,22,34H,1-2,4-5,8-9,16-21H2,(H,31,35)(H,32,36). The van der Waals surface area contributed by atoms with Crippen molar-refractivity contribution in [2.24, 2.45) is 5.92 Å². The first kappa shape index (κ1) is 28.0. The normalized spacial score (nSPS) is 15.5. The van der Waals surface area contributed by atoms with Crippen molar-refractivity contribution in [2.75, 3.05) is 31.6 Å². The van der Waals surface area contributed by atoms with Crippen LogP contribution >= 0.6 is 0 Å². The summed E-state index contributed by atoms with van der Waals surface area (Å²) in [4.78, 5) is 38.7. The van der Waals surface area contributed by atoms with Crippen LogP contribution in [0.4, 0.5) is 10.5 Å². The number of rotatable bonds is 10. The van der Waals surface area contributed by atoms with Crippen molar-refractivity contribution in [1.82, 2.24) is 10.2 Å². The van der Waals surface area contributed by atoms with E-state index in [0.29, 0.717) is 18.1 Å². The lowest BCUT2D eigenvalue weighted by Gasteiger charge is -2.25. The first-order valence-electron chi connectivity index (χ1n) is 13.7. The minimum Gasteiger partial charge on any atom is -0.506 e. The van der Waals surface area contributed by atoms with Gasteiger partial charge in [0.05, 0.1) is 0 Å². The number of aromatic hydroxyl groups is 1. The fourth-order valence-corrected chi connectivity index (χ4v) is 4.87. The van der Waals surface area contributed by atoms with Gasteiger partial charge in [0.2, 0.25) is 5.91 Å². The van der Waals surface area contributed by atoms with Crippen molar-refractivity contribution in [1.29, 1.82) is 0 Å². The molecule has 2 aromatic carbocycles. The maximum absolute atomic E-state index is 13.0. The number of carbonyl (C=O) groups excluding carboxylic acids is 3. The van der Waals surface area contributed by atoms with Crippen LogP contribution < -0.4 is 15.4 Å². The summed E-state index contributed by atoms with van der Waals surface area (Å²) in [6.45, 7) is 0.808. The summed E-state index contributed by atoms with van der Waals surface area (Å²) in [5.41, 5.74) is 1.84. The molecule has 1 aliphatic carbocycles. The van der Waals surface area contributed by atoms with Crippen molar-refractivity contribution in [3.8, 4) is 11.5 Å². The van der Waals surface area contributed by atoms with Crippen molar-refractivity contribution >= 4 is 23.6 Å². The zero-order valence-corrected chi connectivity index (χ0v) is 22.2. The molecule has 1 heterocycles. The average Bonchev–Trinajstić information content (AvgIpc) is 3.23. The molecule has 39 heavy (non-hydrogen) atoms. The fourth-order valence-electron chi connectivity index (χ4n) is 4.87. The Morgan fingerprint density at radius 3 is 2.62 bits per heavy atom. The van der Waals surface area contributed by atoms with E-state index in [9.17, 15) is 19.5 Å². The van der Waals surface area contributed by atoms with Gasteiger partial charge in [-0.2, -0.15) is 0 Å². The SMILES string of the molecule is O=C(C=CC1CCCCCC1)NCCN(CCc1ccc(O)c2c1OCC(=O)N2)C(=O)OCc1ccccc1. The van der Waals surface area contributed by atoms with Gasteiger partial charge in [-0.25, -0.2) is 4.79 Å². The molecule has 0 aromatic heterocycles. The Labute approximate surface area is 229 Å². The summed E-state index contributed by atoms with van der Waals surface area (Å²) in [6.07, 6.45) is 10.7. The highest BCUT2D eigenvalue weighted by Gasteiger charge is 2.24. The molecule has 2 aliphatic rings. The lowest BCUT2D eigenvalue weighted by Crippen LogP contribution is -2.39. The Morgan fingerprint density at radius 2 is 1.85 bits per heavy atom. The first-order chi connectivity index (χ1) is 19.0. The van der Waals surface area contributed by atoms with Crippen LogP contribution in [0.25, 0.3) is 0 Å². The van der Waals surface area contributed by atoms with E-state index in [4.69, 9.17) is 9.47 Å². The average molecular weight is 536 g/mol. The quantitative estimate of drug-likeness (QED) is 0.234. The number of nitrogens with one attached hydrogen (secondary N) is 2. The van der Waals surface area contributed by atoms with Crippen LogP contribution in [-0.2, 0) is 27.4 Å². The lowest BCUT2D eigenvalue weighted by atomic mass is 10.00. The molecule has 0 radical (unpaired) electrons. The maximum Gasteiger partial charge on any atom is 0.410 e. The summed E-state index contributed by atoms with van der Waals surface area (Å²) in [5.74, 6) is 0.245. The van der Waals surface area contributed by atoms with E-state index in [2.05, 4.69) is 10.6 Å². The van der Waals surface area contributed by atoms with E-state index >= 15 is 0 Å². The number of benzene rings is 2. The van der Waals surface area contributed by atoms with Crippen LogP contribution in [0, 0.1) is 5.92 Å². The fraction of sp³-hybridized carbons (Fsp3) is 0.433. The molecule has 4 rings (SSSR count). The maximum atomic E-state index is 13.0. The van der Waals surface area contributed by atoms with E-state index in [1.807, 2.05) is 36.4 Å². The molecule has 1 fully saturated rings. The Balaban J connectivity index is 1.35. The Hall–Kier alpha value is -4.01. The molecule has 208 valence electrons. The molecule has 0 unspecified atom stereocenters. The van der Waals surface area contributed by atoms with Gasteiger partial charge in [-0.05, 0) is 48.4 Å². The second kappa shape index (κ2) is 14.2. The number of allylic oxidation sites excluding steroid dienone is 1. The molecule has 3 N–H and O–H groups in total. The number of hydrogen-bond donors (Lipinski definition) is 3. The van der Waals surface area contributed by atoms with Crippen molar-refractivity contribution in [3.05, 3.63) is 65.7 Å². The molecule has 0 saturated heterocycles. The van der Waals surface area contributed by atoms with Gasteiger partial charge in [-0.3, -0.25) is 9.59 Å². The smallest absolute Gasteiger partial charge is 0.410 e. The van der Waals surface area contributed by atoms with Gasteiger partial charge in [0, 0.05) is 19.6 Å². The van der Waals surface area contributed by atoms with Crippen LogP contribution in [-0.4, -0.2) is 54.2 Å². The van der Waals surface area contributed by atoms with Crippen LogP contribution in [0.3, 0.4) is 0 Å². The van der Waals surface area contributed by atoms with Crippen LogP contribution in [0.15, 0.2) is 54.6 Å². The number of phenolic OH excluding ortho intramolecular Hbond substituents is 1. The van der Waals surface area contributed by atoms with Gasteiger partial charge in [0.15, 0.2) is 12.4 Å². The van der Waals surface area contributed by atoms with E-state index in [-0.39, 0.29) is 56.1 Å². The van der Waals surface area contributed by atoms with Gasteiger partial charge in [-0.15, -0.1) is 0 Å². The van der Waals surface area contributed by atoms with Gasteiger partial charge in [0.25, 0.3) is 5.91 Å². The third-order valence-corrected chi connectivity index (χ3v) is 7.04. The van der Waals surface area contributed by atoms with Crippen molar-refractivity contribution < 1.29 is 29.0 Å². The van der Waals surface area contributed by atoms with Gasteiger partial charge in [-0.1, -0.05) is 68.2 Å². The lowest BCUT2D eigenvalue weighted by molar-refractivity contribution is -0.118. The third-order valence-electron chi connectivity index (χ3n) is 7.04. The van der Waals surface area contributed by atoms with Gasteiger partial charge >= 0.3 is 6.09 Å². The Bertz CT molecular complexity index is 1160. The third kappa shape index (κ3) is 8.49. The summed E-state index contributed by atoms with van der Waals surface area (Å²) in [5, 5.41) is 15.6. The minimum atomic E-state index is -0.496. The zero-order valence-electron chi connectivity index (χ0n) is 22.2. The number of carbonyl (C=O) groups is 3. The number of phenols is 1.